The SMILES string of the molecule is CC(C)Oc1ccc(C(=O)NCCc2ccccc2)cc1. The lowest BCUT2D eigenvalue weighted by Crippen LogP contribution is -2.25. The maximum Gasteiger partial charge on any atom is 0.251 e. The molecule has 0 heterocycles. The normalized spacial score (nSPS) is 10.4. The molecule has 2 rings (SSSR count). The lowest BCUT2D eigenvalue weighted by atomic mass is 10.1. The van der Waals surface area contributed by atoms with E-state index in [2.05, 4.69) is 17.4 Å². The van der Waals surface area contributed by atoms with Crippen LogP contribution in [0.1, 0.15) is 29.8 Å². The van der Waals surface area contributed by atoms with Crippen LogP contribution in [0.25, 0.3) is 0 Å². The molecule has 3 heteroatoms. The van der Waals surface area contributed by atoms with Crippen LogP contribution in [0.5, 0.6) is 5.75 Å². The lowest BCUT2D eigenvalue weighted by molar-refractivity contribution is 0.0954. The first-order chi connectivity index (χ1) is 10.1. The molecule has 0 aliphatic rings. The second kappa shape index (κ2) is 7.48. The highest BCUT2D eigenvalue weighted by molar-refractivity contribution is 5.94. The highest BCUT2D eigenvalue weighted by atomic mass is 16.5. The van der Waals surface area contributed by atoms with E-state index >= 15 is 0 Å². The third kappa shape index (κ3) is 4.95. The van der Waals surface area contributed by atoms with Crippen molar-refractivity contribution in [2.75, 3.05) is 6.54 Å². The predicted molar refractivity (Wildman–Crippen MR) is 84.7 cm³/mol. The van der Waals surface area contributed by atoms with Crippen LogP contribution in [-0.4, -0.2) is 18.6 Å². The summed E-state index contributed by atoms with van der Waals surface area (Å²) in [6.45, 7) is 4.58. The lowest BCUT2D eigenvalue weighted by Gasteiger charge is -2.10. The fourth-order valence-electron chi connectivity index (χ4n) is 2.02. The van der Waals surface area contributed by atoms with E-state index in [4.69, 9.17) is 4.74 Å². The van der Waals surface area contributed by atoms with Gasteiger partial charge >= 0.3 is 0 Å². The summed E-state index contributed by atoms with van der Waals surface area (Å²) in [4.78, 5) is 12.0. The van der Waals surface area contributed by atoms with Crippen LogP contribution in [0, 0.1) is 0 Å². The van der Waals surface area contributed by atoms with Crippen LogP contribution in [0.3, 0.4) is 0 Å². The van der Waals surface area contributed by atoms with Crippen molar-refractivity contribution in [1.82, 2.24) is 5.32 Å². The van der Waals surface area contributed by atoms with E-state index in [1.165, 1.54) is 5.56 Å². The molecule has 0 aromatic heterocycles. The fraction of sp³-hybridized carbons (Fsp3) is 0.278. The number of carbonyl (C=O) groups is 1. The third-order valence-corrected chi connectivity index (χ3v) is 3.03. The van der Waals surface area contributed by atoms with Crippen molar-refractivity contribution < 1.29 is 9.53 Å². The fourth-order valence-corrected chi connectivity index (χ4v) is 2.02. The molecule has 0 saturated carbocycles. The van der Waals surface area contributed by atoms with Gasteiger partial charge in [0, 0.05) is 12.1 Å². The molecule has 3 nitrogen and oxygen atoms in total. The zero-order valence-corrected chi connectivity index (χ0v) is 12.5. The monoisotopic (exact) mass is 283 g/mol. The van der Waals surface area contributed by atoms with Gasteiger partial charge in [0.15, 0.2) is 0 Å². The van der Waals surface area contributed by atoms with E-state index in [1.54, 1.807) is 12.1 Å². The van der Waals surface area contributed by atoms with Gasteiger partial charge in [0.2, 0.25) is 0 Å². The summed E-state index contributed by atoms with van der Waals surface area (Å²) < 4.78 is 5.56. The van der Waals surface area contributed by atoms with Crippen LogP contribution in [-0.2, 0) is 6.42 Å². The van der Waals surface area contributed by atoms with Gasteiger partial charge in [-0.2, -0.15) is 0 Å². The molecule has 0 spiro atoms. The molecule has 0 unspecified atom stereocenters. The van der Waals surface area contributed by atoms with Crippen LogP contribution in [0.15, 0.2) is 54.6 Å². The zero-order chi connectivity index (χ0) is 15.1. The van der Waals surface area contributed by atoms with Crippen molar-refractivity contribution in [3.63, 3.8) is 0 Å². The Bertz CT molecular complexity index is 562. The van der Waals surface area contributed by atoms with Gasteiger partial charge in [-0.15, -0.1) is 0 Å². The van der Waals surface area contributed by atoms with Crippen LogP contribution in [0.2, 0.25) is 0 Å². The van der Waals surface area contributed by atoms with Gasteiger partial charge < -0.3 is 10.1 Å². The Morgan fingerprint density at radius 2 is 1.71 bits per heavy atom. The topological polar surface area (TPSA) is 38.3 Å². The molecular weight excluding hydrogens is 262 g/mol. The van der Waals surface area contributed by atoms with Crippen LogP contribution >= 0.6 is 0 Å². The van der Waals surface area contributed by atoms with Gasteiger partial charge in [0.05, 0.1) is 6.10 Å². The van der Waals surface area contributed by atoms with Crippen molar-refractivity contribution in [3.05, 3.63) is 65.7 Å². The summed E-state index contributed by atoms with van der Waals surface area (Å²) in [6.07, 6.45) is 0.969. The van der Waals surface area contributed by atoms with Gasteiger partial charge in [-0.1, -0.05) is 30.3 Å². The third-order valence-electron chi connectivity index (χ3n) is 3.03. The summed E-state index contributed by atoms with van der Waals surface area (Å²) in [6, 6.07) is 17.3. The minimum absolute atomic E-state index is 0.0537. The second-order valence-corrected chi connectivity index (χ2v) is 5.18. The Kier molecular flexibility index (Phi) is 5.38. The average molecular weight is 283 g/mol. The van der Waals surface area contributed by atoms with Crippen molar-refractivity contribution in [2.45, 2.75) is 26.4 Å². The molecule has 0 atom stereocenters. The number of ether oxygens (including phenoxy) is 1. The maximum absolute atomic E-state index is 12.0. The molecule has 21 heavy (non-hydrogen) atoms. The summed E-state index contributed by atoms with van der Waals surface area (Å²) in [5.74, 6) is 0.730. The Balaban J connectivity index is 1.83. The number of amides is 1. The van der Waals surface area contributed by atoms with Gasteiger partial charge in [0.25, 0.3) is 5.91 Å². The molecule has 2 aromatic carbocycles. The number of rotatable bonds is 6. The molecule has 0 saturated heterocycles. The maximum atomic E-state index is 12.0. The van der Waals surface area contributed by atoms with Crippen molar-refractivity contribution in [1.29, 1.82) is 0 Å². The van der Waals surface area contributed by atoms with E-state index < -0.39 is 0 Å². The van der Waals surface area contributed by atoms with Gasteiger partial charge in [0.1, 0.15) is 5.75 Å². The zero-order valence-electron chi connectivity index (χ0n) is 12.5. The molecule has 0 aliphatic carbocycles. The predicted octanol–water partition coefficient (Wildman–Crippen LogP) is 3.45. The van der Waals surface area contributed by atoms with Gasteiger partial charge in [-0.05, 0) is 50.1 Å². The number of nitrogens with one attached hydrogen (secondary N) is 1. The van der Waals surface area contributed by atoms with E-state index in [-0.39, 0.29) is 12.0 Å². The summed E-state index contributed by atoms with van der Waals surface area (Å²) >= 11 is 0. The van der Waals surface area contributed by atoms with E-state index in [0.717, 1.165) is 12.2 Å². The second-order valence-electron chi connectivity index (χ2n) is 5.18. The number of hydrogen-bond donors (Lipinski definition) is 1. The van der Waals surface area contributed by atoms with E-state index in [0.29, 0.717) is 12.1 Å². The summed E-state index contributed by atoms with van der Waals surface area (Å²) in [5.41, 5.74) is 1.87. The molecule has 1 N–H and O–H groups in total. The largest absolute Gasteiger partial charge is 0.491 e. The highest BCUT2D eigenvalue weighted by Crippen LogP contribution is 2.13. The van der Waals surface area contributed by atoms with Crippen LogP contribution in [0.4, 0.5) is 0 Å². The molecule has 0 radical (unpaired) electrons. The Morgan fingerprint density at radius 3 is 2.33 bits per heavy atom. The minimum Gasteiger partial charge on any atom is -0.491 e. The first-order valence-electron chi connectivity index (χ1n) is 7.24. The smallest absolute Gasteiger partial charge is 0.251 e. The summed E-state index contributed by atoms with van der Waals surface area (Å²) in [7, 11) is 0. The molecular formula is C18H21NO2. The quantitative estimate of drug-likeness (QED) is 0.882. The first kappa shape index (κ1) is 15.1. The van der Waals surface area contributed by atoms with E-state index in [9.17, 15) is 4.79 Å². The molecule has 0 bridgehead atoms. The van der Waals surface area contributed by atoms with Gasteiger partial charge in [-0.3, -0.25) is 4.79 Å². The molecule has 0 fully saturated rings. The standard InChI is InChI=1S/C18H21NO2/c1-14(2)21-17-10-8-16(9-11-17)18(20)19-13-12-15-6-4-3-5-7-15/h3-11,14H,12-13H2,1-2H3,(H,19,20). The molecule has 0 aliphatic heterocycles. The highest BCUT2D eigenvalue weighted by Gasteiger charge is 2.05. The molecule has 1 amide bonds. The van der Waals surface area contributed by atoms with Gasteiger partial charge in [-0.25, -0.2) is 0 Å². The number of benzene rings is 2. The van der Waals surface area contributed by atoms with Crippen LogP contribution < -0.4 is 10.1 Å². The summed E-state index contributed by atoms with van der Waals surface area (Å²) in [5, 5.41) is 2.93. The van der Waals surface area contributed by atoms with E-state index in [1.807, 2.05) is 44.2 Å². The van der Waals surface area contributed by atoms with Crippen molar-refractivity contribution >= 4 is 5.91 Å². The van der Waals surface area contributed by atoms with Crippen molar-refractivity contribution in [2.24, 2.45) is 0 Å². The first-order valence-corrected chi connectivity index (χ1v) is 7.24. The molecule has 2 aromatic rings. The van der Waals surface area contributed by atoms with Crippen molar-refractivity contribution in [3.8, 4) is 5.75 Å². The number of carbonyl (C=O) groups excluding carboxylic acids is 1. The Labute approximate surface area is 126 Å². The Hall–Kier alpha value is -2.29. The molecule has 110 valence electrons. The minimum atomic E-state index is -0.0537. The Morgan fingerprint density at radius 1 is 1.05 bits per heavy atom. The number of hydrogen-bond acceptors (Lipinski definition) is 2. The average Bonchev–Trinajstić information content (AvgIpc) is 2.48.